The fraction of sp³-hybridized carbons (Fsp3) is 0.222. The number of benzene rings is 3. The number of carbonyl (C=O) groups excluding carboxylic acids is 1. The summed E-state index contributed by atoms with van der Waals surface area (Å²) in [5, 5.41) is 1.08. The fourth-order valence-corrected chi connectivity index (χ4v) is 3.54. The average molecular weight is 463 g/mol. The van der Waals surface area contributed by atoms with E-state index in [4.69, 9.17) is 4.74 Å². The standard InChI is InChI=1S/C27H27BrO2/c28-20-6-1-2-7-21-30-26-17-15-24(16-18-26)23-11-13-25(14-12-23)27(29)19-10-22-8-4-3-5-9-22/h3-5,8-19H,1-2,6-7,20-21H2. The lowest BCUT2D eigenvalue weighted by Crippen LogP contribution is -1.97. The Morgan fingerprint density at radius 2 is 1.40 bits per heavy atom. The Morgan fingerprint density at radius 1 is 0.767 bits per heavy atom. The molecule has 3 heteroatoms. The molecule has 0 N–H and O–H groups in total. The number of halogens is 1. The second-order valence-corrected chi connectivity index (χ2v) is 7.95. The normalized spacial score (nSPS) is 11.0. The van der Waals surface area contributed by atoms with Gasteiger partial charge in [0.05, 0.1) is 6.61 Å². The van der Waals surface area contributed by atoms with E-state index in [2.05, 4.69) is 28.1 Å². The summed E-state index contributed by atoms with van der Waals surface area (Å²) in [7, 11) is 0. The first-order valence-electron chi connectivity index (χ1n) is 10.4. The predicted octanol–water partition coefficient (Wildman–Crippen LogP) is 7.58. The first kappa shape index (κ1) is 22.0. The van der Waals surface area contributed by atoms with Crippen molar-refractivity contribution in [2.45, 2.75) is 25.7 Å². The molecule has 3 aromatic rings. The van der Waals surface area contributed by atoms with E-state index in [1.165, 1.54) is 19.3 Å². The highest BCUT2D eigenvalue weighted by molar-refractivity contribution is 9.09. The van der Waals surface area contributed by atoms with Gasteiger partial charge in [0.1, 0.15) is 5.75 Å². The van der Waals surface area contributed by atoms with E-state index in [-0.39, 0.29) is 5.78 Å². The van der Waals surface area contributed by atoms with Crippen LogP contribution >= 0.6 is 15.9 Å². The van der Waals surface area contributed by atoms with Crippen molar-refractivity contribution in [3.63, 3.8) is 0 Å². The Labute approximate surface area is 187 Å². The molecule has 0 radical (unpaired) electrons. The largest absolute Gasteiger partial charge is 0.494 e. The summed E-state index contributed by atoms with van der Waals surface area (Å²) >= 11 is 3.46. The van der Waals surface area contributed by atoms with E-state index in [0.29, 0.717) is 5.56 Å². The number of ketones is 1. The zero-order chi connectivity index (χ0) is 21.0. The van der Waals surface area contributed by atoms with Crippen LogP contribution in [0.5, 0.6) is 5.75 Å². The lowest BCUT2D eigenvalue weighted by molar-refractivity contribution is 0.104. The molecule has 3 rings (SSSR count). The van der Waals surface area contributed by atoms with Gasteiger partial charge in [-0.1, -0.05) is 102 Å². The molecule has 0 unspecified atom stereocenters. The number of rotatable bonds is 11. The third-order valence-electron chi connectivity index (χ3n) is 4.88. The Morgan fingerprint density at radius 3 is 2.07 bits per heavy atom. The smallest absolute Gasteiger partial charge is 0.185 e. The van der Waals surface area contributed by atoms with Crippen molar-refractivity contribution in [3.8, 4) is 16.9 Å². The van der Waals surface area contributed by atoms with Gasteiger partial charge < -0.3 is 4.74 Å². The number of hydrogen-bond acceptors (Lipinski definition) is 2. The van der Waals surface area contributed by atoms with Gasteiger partial charge in [-0.2, -0.15) is 0 Å². The van der Waals surface area contributed by atoms with E-state index < -0.39 is 0 Å². The van der Waals surface area contributed by atoms with Crippen LogP contribution in [0.25, 0.3) is 17.2 Å². The van der Waals surface area contributed by atoms with Gasteiger partial charge in [0.15, 0.2) is 5.78 Å². The van der Waals surface area contributed by atoms with E-state index in [0.717, 1.165) is 40.8 Å². The summed E-state index contributed by atoms with van der Waals surface area (Å²) in [6, 6.07) is 25.7. The Balaban J connectivity index is 1.53. The maximum Gasteiger partial charge on any atom is 0.185 e. The molecule has 0 bridgehead atoms. The first-order chi connectivity index (χ1) is 14.8. The molecule has 0 amide bonds. The quantitative estimate of drug-likeness (QED) is 0.127. The molecule has 0 saturated heterocycles. The molecule has 0 heterocycles. The van der Waals surface area contributed by atoms with Crippen LogP contribution in [-0.4, -0.2) is 17.7 Å². The molecule has 2 nitrogen and oxygen atoms in total. The molecule has 0 aromatic heterocycles. The Bertz CT molecular complexity index is 929. The Kier molecular flexibility index (Phi) is 8.92. The summed E-state index contributed by atoms with van der Waals surface area (Å²) in [5.74, 6) is 0.905. The maximum atomic E-state index is 12.4. The number of ether oxygens (including phenoxy) is 1. The van der Waals surface area contributed by atoms with Gasteiger partial charge in [-0.05, 0) is 47.7 Å². The molecule has 154 valence electrons. The van der Waals surface area contributed by atoms with Gasteiger partial charge in [0.2, 0.25) is 0 Å². The van der Waals surface area contributed by atoms with Crippen molar-refractivity contribution in [1.82, 2.24) is 0 Å². The van der Waals surface area contributed by atoms with Crippen LogP contribution < -0.4 is 4.74 Å². The summed E-state index contributed by atoms with van der Waals surface area (Å²) in [6.45, 7) is 0.759. The lowest BCUT2D eigenvalue weighted by Gasteiger charge is -2.08. The van der Waals surface area contributed by atoms with Crippen LogP contribution in [0.15, 0.2) is 84.9 Å². The third kappa shape index (κ3) is 7.00. The highest BCUT2D eigenvalue weighted by atomic mass is 79.9. The minimum Gasteiger partial charge on any atom is -0.494 e. The van der Waals surface area contributed by atoms with Crippen molar-refractivity contribution in [3.05, 3.63) is 96.1 Å². The van der Waals surface area contributed by atoms with Gasteiger partial charge in [-0.3, -0.25) is 4.79 Å². The van der Waals surface area contributed by atoms with Crippen LogP contribution in [0.1, 0.15) is 41.6 Å². The predicted molar refractivity (Wildman–Crippen MR) is 129 cm³/mol. The molecule has 0 saturated carbocycles. The molecule has 30 heavy (non-hydrogen) atoms. The van der Waals surface area contributed by atoms with Gasteiger partial charge in [0.25, 0.3) is 0 Å². The van der Waals surface area contributed by atoms with Crippen LogP contribution in [0.4, 0.5) is 0 Å². The second kappa shape index (κ2) is 12.1. The lowest BCUT2D eigenvalue weighted by atomic mass is 10.0. The average Bonchev–Trinajstić information content (AvgIpc) is 2.81. The number of carbonyl (C=O) groups is 1. The number of alkyl halides is 1. The van der Waals surface area contributed by atoms with Crippen molar-refractivity contribution in [2.75, 3.05) is 11.9 Å². The van der Waals surface area contributed by atoms with Crippen LogP contribution in [-0.2, 0) is 0 Å². The second-order valence-electron chi connectivity index (χ2n) is 7.16. The fourth-order valence-electron chi connectivity index (χ4n) is 3.14. The molecule has 0 aliphatic heterocycles. The van der Waals surface area contributed by atoms with Gasteiger partial charge in [0, 0.05) is 10.9 Å². The summed E-state index contributed by atoms with van der Waals surface area (Å²) in [5.41, 5.74) is 3.90. The van der Waals surface area contributed by atoms with Crippen molar-refractivity contribution < 1.29 is 9.53 Å². The van der Waals surface area contributed by atoms with Crippen LogP contribution in [0.3, 0.4) is 0 Å². The van der Waals surface area contributed by atoms with Gasteiger partial charge >= 0.3 is 0 Å². The van der Waals surface area contributed by atoms with Gasteiger partial charge in [-0.25, -0.2) is 0 Å². The zero-order valence-electron chi connectivity index (χ0n) is 17.1. The van der Waals surface area contributed by atoms with Crippen molar-refractivity contribution in [1.29, 1.82) is 0 Å². The summed E-state index contributed by atoms with van der Waals surface area (Å²) in [6.07, 6.45) is 8.22. The number of hydrogen-bond donors (Lipinski definition) is 0. The van der Waals surface area contributed by atoms with E-state index in [1.54, 1.807) is 6.08 Å². The first-order valence-corrected chi connectivity index (χ1v) is 11.5. The maximum absolute atomic E-state index is 12.4. The monoisotopic (exact) mass is 462 g/mol. The number of unbranched alkanes of at least 4 members (excludes halogenated alkanes) is 3. The molecule has 0 fully saturated rings. The minimum atomic E-state index is 0.00489. The SMILES string of the molecule is O=C(C=Cc1ccccc1)c1ccc(-c2ccc(OCCCCCCBr)cc2)cc1. The highest BCUT2D eigenvalue weighted by Crippen LogP contribution is 2.23. The molecule has 0 spiro atoms. The molecule has 3 aromatic carbocycles. The molecule has 0 aliphatic carbocycles. The Hall–Kier alpha value is -2.65. The van der Waals surface area contributed by atoms with Crippen molar-refractivity contribution in [2.24, 2.45) is 0 Å². The van der Waals surface area contributed by atoms with E-state index in [1.807, 2.05) is 72.8 Å². The molecule has 0 aliphatic rings. The summed E-state index contributed by atoms with van der Waals surface area (Å²) in [4.78, 5) is 12.4. The zero-order valence-corrected chi connectivity index (χ0v) is 18.7. The third-order valence-corrected chi connectivity index (χ3v) is 5.44. The van der Waals surface area contributed by atoms with E-state index >= 15 is 0 Å². The molecular formula is C27H27BrO2. The highest BCUT2D eigenvalue weighted by Gasteiger charge is 2.04. The van der Waals surface area contributed by atoms with Crippen LogP contribution in [0.2, 0.25) is 0 Å². The minimum absolute atomic E-state index is 0.00489. The van der Waals surface area contributed by atoms with Crippen molar-refractivity contribution >= 4 is 27.8 Å². The summed E-state index contributed by atoms with van der Waals surface area (Å²) < 4.78 is 5.83. The number of allylic oxidation sites excluding steroid dienone is 1. The topological polar surface area (TPSA) is 26.3 Å². The molecule has 0 atom stereocenters. The van der Waals surface area contributed by atoms with Gasteiger partial charge in [-0.15, -0.1) is 0 Å². The van der Waals surface area contributed by atoms with E-state index in [9.17, 15) is 4.79 Å². The van der Waals surface area contributed by atoms with Crippen LogP contribution in [0, 0.1) is 0 Å². The molecular weight excluding hydrogens is 436 g/mol.